The fourth-order valence-electron chi connectivity index (χ4n) is 4.02. The molecule has 0 radical (unpaired) electrons. The number of nitrogens with one attached hydrogen (secondary N) is 1. The van der Waals surface area contributed by atoms with Crippen molar-refractivity contribution < 1.29 is 14.3 Å². The van der Waals surface area contributed by atoms with Crippen LogP contribution in [0, 0.1) is 0 Å². The van der Waals surface area contributed by atoms with E-state index >= 15 is 0 Å². The van der Waals surface area contributed by atoms with Crippen LogP contribution in [-0.2, 0) is 6.54 Å². The summed E-state index contributed by atoms with van der Waals surface area (Å²) in [7, 11) is 0. The predicted octanol–water partition coefficient (Wildman–Crippen LogP) is 2.21. The van der Waals surface area contributed by atoms with Crippen molar-refractivity contribution in [1.29, 1.82) is 0 Å². The number of amides is 1. The number of likely N-dealkylation sites (tertiary alicyclic amines) is 1. The first-order valence-electron chi connectivity index (χ1n) is 10.5. The second kappa shape index (κ2) is 8.63. The van der Waals surface area contributed by atoms with Crippen LogP contribution < -0.4 is 14.8 Å². The molecule has 1 amide bonds. The first-order chi connectivity index (χ1) is 15.2. The van der Waals surface area contributed by atoms with Gasteiger partial charge in [-0.25, -0.2) is 4.68 Å². The van der Waals surface area contributed by atoms with Crippen molar-refractivity contribution in [2.24, 2.45) is 0 Å². The molecule has 2 aliphatic heterocycles. The summed E-state index contributed by atoms with van der Waals surface area (Å²) in [6.07, 6.45) is 3.55. The van der Waals surface area contributed by atoms with Crippen molar-refractivity contribution in [2.45, 2.75) is 25.4 Å². The molecule has 1 saturated heterocycles. The van der Waals surface area contributed by atoms with Gasteiger partial charge in [0.2, 0.25) is 0 Å². The van der Waals surface area contributed by atoms with Crippen LogP contribution in [0.4, 0.5) is 5.69 Å². The minimum absolute atomic E-state index is 0.0580. The average molecular weight is 420 g/mol. The van der Waals surface area contributed by atoms with E-state index in [0.717, 1.165) is 42.1 Å². The van der Waals surface area contributed by atoms with Gasteiger partial charge in [0, 0.05) is 36.4 Å². The zero-order valence-electron chi connectivity index (χ0n) is 17.1. The third kappa shape index (κ3) is 4.45. The summed E-state index contributed by atoms with van der Waals surface area (Å²) in [5, 5.41) is 14.7. The highest BCUT2D eigenvalue weighted by Gasteiger charge is 2.25. The van der Waals surface area contributed by atoms with Gasteiger partial charge >= 0.3 is 0 Å². The number of tetrazole rings is 1. The summed E-state index contributed by atoms with van der Waals surface area (Å²) >= 11 is 0. The van der Waals surface area contributed by atoms with Gasteiger partial charge in [0.25, 0.3) is 5.91 Å². The molecule has 160 valence electrons. The summed E-state index contributed by atoms with van der Waals surface area (Å²) in [4.78, 5) is 15.0. The van der Waals surface area contributed by atoms with Gasteiger partial charge in [-0.05, 0) is 53.1 Å². The minimum atomic E-state index is 0.0580. The molecule has 1 fully saturated rings. The molecule has 0 unspecified atom stereocenters. The number of rotatable bonds is 5. The van der Waals surface area contributed by atoms with Gasteiger partial charge < -0.3 is 19.7 Å². The van der Waals surface area contributed by atoms with Crippen LogP contribution in [0.1, 0.15) is 28.8 Å². The summed E-state index contributed by atoms with van der Waals surface area (Å²) in [6.45, 7) is 3.16. The van der Waals surface area contributed by atoms with Gasteiger partial charge in [0.1, 0.15) is 19.5 Å². The first-order valence-corrected chi connectivity index (χ1v) is 10.5. The van der Waals surface area contributed by atoms with E-state index in [1.54, 1.807) is 11.0 Å². The van der Waals surface area contributed by atoms with Crippen LogP contribution in [-0.4, -0.2) is 63.4 Å². The number of fused-ring (bicyclic) bond motifs is 1. The quantitative estimate of drug-likeness (QED) is 0.676. The Morgan fingerprint density at radius 3 is 2.74 bits per heavy atom. The smallest absolute Gasteiger partial charge is 0.253 e. The number of ether oxygens (including phenoxy) is 2. The molecule has 1 atom stereocenters. The normalized spacial score (nSPS) is 17.9. The third-order valence-corrected chi connectivity index (χ3v) is 5.56. The Hall–Kier alpha value is -3.62. The maximum absolute atomic E-state index is 13.0. The monoisotopic (exact) mass is 420 g/mol. The Kier molecular flexibility index (Phi) is 5.39. The molecule has 1 aromatic heterocycles. The highest BCUT2D eigenvalue weighted by molar-refractivity contribution is 5.94. The maximum Gasteiger partial charge on any atom is 0.253 e. The van der Waals surface area contributed by atoms with Crippen molar-refractivity contribution in [1.82, 2.24) is 25.1 Å². The summed E-state index contributed by atoms with van der Waals surface area (Å²) in [5.74, 6) is 1.60. The second-order valence-corrected chi connectivity index (χ2v) is 7.80. The van der Waals surface area contributed by atoms with Crippen LogP contribution in [0.3, 0.4) is 0 Å². The van der Waals surface area contributed by atoms with Crippen molar-refractivity contribution in [3.05, 3.63) is 59.9 Å². The number of hydrogen-bond acceptors (Lipinski definition) is 7. The van der Waals surface area contributed by atoms with E-state index in [1.165, 1.54) is 0 Å². The van der Waals surface area contributed by atoms with E-state index in [2.05, 4.69) is 20.8 Å². The number of hydrogen-bond donors (Lipinski definition) is 1. The lowest BCUT2D eigenvalue weighted by molar-refractivity contribution is 0.0715. The van der Waals surface area contributed by atoms with Crippen LogP contribution in [0.25, 0.3) is 0 Å². The molecule has 1 N–H and O–H groups in total. The topological polar surface area (TPSA) is 94.4 Å². The molecule has 2 aromatic carbocycles. The molecule has 0 spiro atoms. The van der Waals surface area contributed by atoms with Crippen LogP contribution in [0.5, 0.6) is 11.5 Å². The SMILES string of the molecule is O=C(c1ccc(Cn2cnnn2)cc1)N1CCC[C@H](Nc2ccc3c(c2)OCCO3)C1. The Morgan fingerprint density at radius 2 is 1.94 bits per heavy atom. The highest BCUT2D eigenvalue weighted by atomic mass is 16.6. The third-order valence-electron chi connectivity index (χ3n) is 5.56. The summed E-state index contributed by atoms with van der Waals surface area (Å²) in [6, 6.07) is 13.7. The van der Waals surface area contributed by atoms with Crippen LogP contribution in [0.2, 0.25) is 0 Å². The van der Waals surface area contributed by atoms with Gasteiger partial charge in [-0.3, -0.25) is 4.79 Å². The molecule has 9 heteroatoms. The van der Waals surface area contributed by atoms with Crippen molar-refractivity contribution in [3.63, 3.8) is 0 Å². The van der Waals surface area contributed by atoms with E-state index in [-0.39, 0.29) is 11.9 Å². The van der Waals surface area contributed by atoms with E-state index in [1.807, 2.05) is 47.4 Å². The average Bonchev–Trinajstić information content (AvgIpc) is 3.32. The van der Waals surface area contributed by atoms with E-state index < -0.39 is 0 Å². The number of anilines is 1. The Balaban J connectivity index is 1.21. The minimum Gasteiger partial charge on any atom is -0.486 e. The number of benzene rings is 2. The lowest BCUT2D eigenvalue weighted by Gasteiger charge is -2.34. The largest absolute Gasteiger partial charge is 0.486 e. The van der Waals surface area contributed by atoms with Gasteiger partial charge in [-0.15, -0.1) is 5.10 Å². The number of carbonyl (C=O) groups is 1. The van der Waals surface area contributed by atoms with Gasteiger partial charge in [0.05, 0.1) is 6.54 Å². The fourth-order valence-corrected chi connectivity index (χ4v) is 4.02. The molecular weight excluding hydrogens is 396 g/mol. The second-order valence-electron chi connectivity index (χ2n) is 7.80. The highest BCUT2D eigenvalue weighted by Crippen LogP contribution is 2.33. The lowest BCUT2D eigenvalue weighted by Crippen LogP contribution is -2.45. The Labute approximate surface area is 180 Å². The number of carbonyl (C=O) groups excluding carboxylic acids is 1. The molecule has 5 rings (SSSR count). The molecular formula is C22H24N6O3. The van der Waals surface area contributed by atoms with Crippen LogP contribution >= 0.6 is 0 Å². The molecule has 31 heavy (non-hydrogen) atoms. The molecule has 9 nitrogen and oxygen atoms in total. The lowest BCUT2D eigenvalue weighted by atomic mass is 10.0. The Morgan fingerprint density at radius 1 is 1.10 bits per heavy atom. The fraction of sp³-hybridized carbons (Fsp3) is 0.364. The zero-order chi connectivity index (χ0) is 21.0. The molecule has 3 heterocycles. The van der Waals surface area contributed by atoms with Crippen molar-refractivity contribution in [3.8, 4) is 11.5 Å². The van der Waals surface area contributed by atoms with Gasteiger partial charge in [-0.2, -0.15) is 0 Å². The van der Waals surface area contributed by atoms with Crippen molar-refractivity contribution in [2.75, 3.05) is 31.6 Å². The molecule has 0 aliphatic carbocycles. The Bertz CT molecular complexity index is 1040. The molecule has 2 aliphatic rings. The number of nitrogens with zero attached hydrogens (tertiary/aromatic N) is 5. The summed E-state index contributed by atoms with van der Waals surface area (Å²) < 4.78 is 12.9. The standard InChI is InChI=1S/C22H24N6O3/c29-22(17-5-3-16(4-6-17)13-28-15-23-25-26-28)27-9-1-2-19(14-27)24-18-7-8-20-21(12-18)31-11-10-30-20/h3-8,12,15,19,24H,1-2,9-11,13-14H2/t19-/m0/s1. The van der Waals surface area contributed by atoms with E-state index in [0.29, 0.717) is 31.9 Å². The van der Waals surface area contributed by atoms with Gasteiger partial charge in [0.15, 0.2) is 11.5 Å². The molecule has 0 saturated carbocycles. The molecule has 0 bridgehead atoms. The van der Waals surface area contributed by atoms with Gasteiger partial charge in [-0.1, -0.05) is 12.1 Å². The summed E-state index contributed by atoms with van der Waals surface area (Å²) in [5.41, 5.74) is 2.72. The predicted molar refractivity (Wildman–Crippen MR) is 113 cm³/mol. The van der Waals surface area contributed by atoms with E-state index in [9.17, 15) is 4.79 Å². The first kappa shape index (κ1) is 19.3. The number of piperidine rings is 1. The van der Waals surface area contributed by atoms with Crippen LogP contribution in [0.15, 0.2) is 48.8 Å². The van der Waals surface area contributed by atoms with E-state index in [4.69, 9.17) is 9.47 Å². The zero-order valence-corrected chi connectivity index (χ0v) is 17.1. The molecule has 3 aromatic rings. The maximum atomic E-state index is 13.0. The number of aromatic nitrogens is 4. The van der Waals surface area contributed by atoms with Crippen molar-refractivity contribution >= 4 is 11.6 Å².